The number of carboxylic acid groups (broad SMARTS) is 1. The Hall–Kier alpha value is -6.13. The summed E-state index contributed by atoms with van der Waals surface area (Å²) in [6.45, 7) is 8.31. The molecule has 14 nitrogen and oxygen atoms in total. The molecule has 1 aliphatic carbocycles. The molecule has 0 radical (unpaired) electrons. The molecule has 7 aromatic rings. The van der Waals surface area contributed by atoms with Gasteiger partial charge in [-0.3, -0.25) is 14.6 Å². The average molecular weight is 916 g/mol. The molecule has 0 amide bonds. The van der Waals surface area contributed by atoms with Crippen LogP contribution < -0.4 is 18.9 Å². The number of carboxylic acids is 1. The predicted molar refractivity (Wildman–Crippen MR) is 251 cm³/mol. The summed E-state index contributed by atoms with van der Waals surface area (Å²) >= 11 is 8.35. The Morgan fingerprint density at radius 2 is 1.74 bits per heavy atom. The lowest BCUT2D eigenvalue weighted by molar-refractivity contribution is -0.145. The van der Waals surface area contributed by atoms with Crippen molar-refractivity contribution in [3.8, 4) is 56.9 Å². The van der Waals surface area contributed by atoms with Gasteiger partial charge in [0.15, 0.2) is 5.82 Å². The van der Waals surface area contributed by atoms with Crippen LogP contribution in [0.25, 0.3) is 43.9 Å². The van der Waals surface area contributed by atoms with E-state index in [0.29, 0.717) is 63.0 Å². The van der Waals surface area contributed by atoms with Crippen LogP contribution in [0.3, 0.4) is 0 Å². The van der Waals surface area contributed by atoms with Gasteiger partial charge in [0.2, 0.25) is 12.0 Å². The minimum absolute atomic E-state index is 0.00695. The summed E-state index contributed by atoms with van der Waals surface area (Å²) in [6.07, 6.45) is 9.61. The highest BCUT2D eigenvalue weighted by atomic mass is 35.5. The fourth-order valence-electron chi connectivity index (χ4n) is 8.31. The van der Waals surface area contributed by atoms with E-state index in [9.17, 15) is 9.90 Å². The average Bonchev–Trinajstić information content (AvgIpc) is 3.96. The van der Waals surface area contributed by atoms with Crippen LogP contribution in [-0.2, 0) is 24.4 Å². The van der Waals surface area contributed by atoms with Crippen molar-refractivity contribution in [3.05, 3.63) is 113 Å². The number of hydrogen-bond donors (Lipinski definition) is 1. The minimum Gasteiger partial charge on any atom is -0.496 e. The van der Waals surface area contributed by atoms with Crippen molar-refractivity contribution < 1.29 is 28.8 Å². The van der Waals surface area contributed by atoms with E-state index in [1.165, 1.54) is 30.8 Å². The van der Waals surface area contributed by atoms with Crippen LogP contribution in [0.2, 0.25) is 5.02 Å². The minimum atomic E-state index is -1.32. The first-order valence-electron chi connectivity index (χ1n) is 21.9. The maximum absolute atomic E-state index is 13.1. The van der Waals surface area contributed by atoms with Crippen LogP contribution in [0.1, 0.15) is 36.1 Å². The summed E-state index contributed by atoms with van der Waals surface area (Å²) in [5.74, 6) is 1.91. The molecule has 3 aromatic carbocycles. The Labute approximate surface area is 386 Å². The summed E-state index contributed by atoms with van der Waals surface area (Å²) < 4.78 is 32.0. The number of carbonyl (C=O) groups is 1. The Morgan fingerprint density at radius 3 is 2.52 bits per heavy atom. The zero-order chi connectivity index (χ0) is 44.9. The van der Waals surface area contributed by atoms with Gasteiger partial charge in [0.05, 0.1) is 45.4 Å². The lowest BCUT2D eigenvalue weighted by Gasteiger charge is -2.32. The molecule has 0 spiro atoms. The molecule has 65 heavy (non-hydrogen) atoms. The number of nitrogens with zero attached hydrogens (tertiary/aromatic N) is 8. The summed E-state index contributed by atoms with van der Waals surface area (Å²) in [6, 6.07) is 20.6. The van der Waals surface area contributed by atoms with Crippen molar-refractivity contribution >= 4 is 39.2 Å². The summed E-state index contributed by atoms with van der Waals surface area (Å²) in [5.41, 5.74) is 5.84. The van der Waals surface area contributed by atoms with Gasteiger partial charge in [0.25, 0.3) is 0 Å². The third kappa shape index (κ3) is 9.93. The Balaban J connectivity index is 1.01. The number of hydrogen-bond acceptors (Lipinski definition) is 13. The second-order valence-corrected chi connectivity index (χ2v) is 17.8. The molecule has 9 rings (SSSR count). The van der Waals surface area contributed by atoms with Gasteiger partial charge in [-0.25, -0.2) is 14.8 Å². The highest BCUT2D eigenvalue weighted by molar-refractivity contribution is 7.13. The van der Waals surface area contributed by atoms with Crippen LogP contribution in [0.5, 0.6) is 23.1 Å². The molecule has 0 unspecified atom stereocenters. The summed E-state index contributed by atoms with van der Waals surface area (Å²) in [7, 11) is 3.75. The van der Waals surface area contributed by atoms with Crippen molar-refractivity contribution in [1.82, 2.24) is 38.9 Å². The number of aliphatic carboxylic acids is 1. The van der Waals surface area contributed by atoms with Crippen LogP contribution in [-0.4, -0.2) is 110 Å². The van der Waals surface area contributed by atoms with Gasteiger partial charge in [-0.15, -0.1) is 0 Å². The smallest absolute Gasteiger partial charge is 0.345 e. The van der Waals surface area contributed by atoms with Gasteiger partial charge >= 0.3 is 5.97 Å². The first-order valence-corrected chi connectivity index (χ1v) is 23.1. The molecule has 16 heteroatoms. The number of piperazine rings is 1. The van der Waals surface area contributed by atoms with Gasteiger partial charge in [-0.05, 0) is 91.3 Å². The monoisotopic (exact) mass is 914 g/mol. The van der Waals surface area contributed by atoms with Gasteiger partial charge in [-0.1, -0.05) is 54.4 Å². The summed E-state index contributed by atoms with van der Waals surface area (Å²) in [4.78, 5) is 32.0. The van der Waals surface area contributed by atoms with E-state index in [4.69, 9.17) is 50.0 Å². The number of rotatable bonds is 18. The Kier molecular flexibility index (Phi) is 13.5. The number of pyridine rings is 1. The van der Waals surface area contributed by atoms with Crippen LogP contribution in [0.4, 0.5) is 0 Å². The number of fused-ring (bicyclic) bond motifs is 1. The largest absolute Gasteiger partial charge is 0.496 e. The van der Waals surface area contributed by atoms with E-state index < -0.39 is 12.1 Å². The standard InChI is InChI=1S/C49H51ClN8O6S/c1-31-36(15-16-40(45(31)50)62-24-23-57-21-19-56(2)20-22-57)43-44-42(27-52-46(43)34-26-53-58(29-34)28-32-9-8-10-32)65-55-48(44)64-41(49(59)60)25-33-11-4-6-13-38(33)63-30-35-17-18-51-47(54-35)37-12-5-7-14-39(37)61-3/h4-7,11-18,26-27,29,32,41H,8-10,19-25,28,30H2,1-3H3,(H,59,60)/t41-/m1/s1. The Bertz CT molecular complexity index is 2790. The van der Waals surface area contributed by atoms with Crippen molar-refractivity contribution in [2.45, 2.75) is 51.9 Å². The molecule has 2 aliphatic rings. The first-order chi connectivity index (χ1) is 31.7. The van der Waals surface area contributed by atoms with Crippen molar-refractivity contribution in [2.24, 2.45) is 5.92 Å². The van der Waals surface area contributed by atoms with Gasteiger partial charge in [0, 0.05) is 75.4 Å². The zero-order valence-corrected chi connectivity index (χ0v) is 38.2. The lowest BCUT2D eigenvalue weighted by atomic mass is 9.85. The van der Waals surface area contributed by atoms with E-state index in [-0.39, 0.29) is 18.9 Å². The molecule has 0 bridgehead atoms. The van der Waals surface area contributed by atoms with E-state index in [0.717, 1.165) is 71.8 Å². The predicted octanol–water partition coefficient (Wildman–Crippen LogP) is 8.73. The molecule has 1 N–H and O–H groups in total. The molecule has 4 aromatic heterocycles. The molecule has 1 atom stereocenters. The third-order valence-corrected chi connectivity index (χ3v) is 13.5. The number of benzene rings is 3. The molecule has 1 aliphatic heterocycles. The van der Waals surface area contributed by atoms with Gasteiger partial charge in [-0.2, -0.15) is 9.47 Å². The summed E-state index contributed by atoms with van der Waals surface area (Å²) in [5, 5.41) is 16.6. The molecule has 1 saturated heterocycles. The molecule has 336 valence electrons. The fraction of sp³-hybridized carbons (Fsp3) is 0.347. The third-order valence-electron chi connectivity index (χ3n) is 12.3. The van der Waals surface area contributed by atoms with E-state index in [1.54, 1.807) is 25.6 Å². The van der Waals surface area contributed by atoms with Crippen molar-refractivity contribution in [3.63, 3.8) is 0 Å². The van der Waals surface area contributed by atoms with Crippen molar-refractivity contribution in [2.75, 3.05) is 53.5 Å². The van der Waals surface area contributed by atoms with Crippen LogP contribution in [0.15, 0.2) is 91.5 Å². The maximum atomic E-state index is 13.1. The lowest BCUT2D eigenvalue weighted by Crippen LogP contribution is -2.45. The van der Waals surface area contributed by atoms with Crippen LogP contribution in [0, 0.1) is 12.8 Å². The molecule has 2 fully saturated rings. The van der Waals surface area contributed by atoms with Crippen molar-refractivity contribution in [1.29, 1.82) is 0 Å². The highest BCUT2D eigenvalue weighted by Crippen LogP contribution is 2.46. The highest BCUT2D eigenvalue weighted by Gasteiger charge is 2.29. The zero-order valence-electron chi connectivity index (χ0n) is 36.7. The number of aromatic nitrogens is 6. The molecule has 5 heterocycles. The number of methoxy groups -OCH3 is 1. The Morgan fingerprint density at radius 1 is 0.938 bits per heavy atom. The molecular weight excluding hydrogens is 864 g/mol. The van der Waals surface area contributed by atoms with Gasteiger partial charge in [0.1, 0.15) is 30.5 Å². The second-order valence-electron chi connectivity index (χ2n) is 16.6. The number of halogens is 1. The molecular formula is C49H51ClN8O6S. The fourth-order valence-corrected chi connectivity index (χ4v) is 9.23. The molecule has 1 saturated carbocycles. The SMILES string of the molecule is COc1ccccc1-c1nccc(COc2ccccc2C[C@@H](Oc2nsc3cnc(-c4cnn(CC5CCC5)c4)c(-c4ccc(OCCN5CCN(C)CC5)c(Cl)c4C)c23)C(=O)O)n1. The maximum Gasteiger partial charge on any atom is 0.345 e. The van der Waals surface area contributed by atoms with Crippen LogP contribution >= 0.6 is 23.1 Å². The van der Waals surface area contributed by atoms with E-state index in [1.807, 2.05) is 84.7 Å². The van der Waals surface area contributed by atoms with E-state index >= 15 is 0 Å². The number of ether oxygens (including phenoxy) is 4. The quantitative estimate of drug-likeness (QED) is 0.0875. The first kappa shape index (κ1) is 44.1. The van der Waals surface area contributed by atoms with E-state index in [2.05, 4.69) is 21.8 Å². The number of likely N-dealkylation sites (N-methyl/N-ethyl adjacent to an activating group) is 1. The number of para-hydroxylation sites is 2. The second kappa shape index (κ2) is 19.9. The normalized spacial score (nSPS) is 15.1. The van der Waals surface area contributed by atoms with Gasteiger partial charge < -0.3 is 29.0 Å². The topological polar surface area (TPSA) is 150 Å².